The number of para-hydroxylation sites is 1. The highest BCUT2D eigenvalue weighted by Crippen LogP contribution is 2.11. The third-order valence-electron chi connectivity index (χ3n) is 3.63. The molecule has 0 saturated heterocycles. The van der Waals surface area contributed by atoms with Gasteiger partial charge in [0, 0.05) is 12.1 Å². The molecule has 0 saturated carbocycles. The molecule has 1 heterocycles. The quantitative estimate of drug-likeness (QED) is 0.691. The number of carbonyl (C=O) groups is 1. The van der Waals surface area contributed by atoms with E-state index >= 15 is 0 Å². The predicted molar refractivity (Wildman–Crippen MR) is 88.7 cm³/mol. The van der Waals surface area contributed by atoms with E-state index in [1.54, 1.807) is 36.4 Å². The van der Waals surface area contributed by atoms with Crippen LogP contribution in [-0.2, 0) is 6.42 Å². The number of aromatic amines is 1. The first kappa shape index (κ1) is 14.8. The van der Waals surface area contributed by atoms with E-state index in [0.717, 1.165) is 10.9 Å². The van der Waals surface area contributed by atoms with Crippen LogP contribution in [0.3, 0.4) is 0 Å². The molecule has 0 bridgehead atoms. The summed E-state index contributed by atoms with van der Waals surface area (Å²) >= 11 is 0. The molecule has 0 fully saturated rings. The van der Waals surface area contributed by atoms with Crippen molar-refractivity contribution in [2.24, 2.45) is 0 Å². The van der Waals surface area contributed by atoms with Crippen molar-refractivity contribution >= 4 is 16.8 Å². The van der Waals surface area contributed by atoms with Crippen molar-refractivity contribution in [2.45, 2.75) is 6.42 Å². The summed E-state index contributed by atoms with van der Waals surface area (Å²) in [6.07, 6.45) is 0.623. The zero-order chi connectivity index (χ0) is 16.2. The van der Waals surface area contributed by atoms with Crippen LogP contribution in [0.2, 0.25) is 0 Å². The van der Waals surface area contributed by atoms with E-state index in [0.29, 0.717) is 18.5 Å². The van der Waals surface area contributed by atoms with Gasteiger partial charge in [-0.05, 0) is 41.6 Å². The summed E-state index contributed by atoms with van der Waals surface area (Å²) in [7, 11) is 0. The number of benzene rings is 2. The third kappa shape index (κ3) is 3.40. The van der Waals surface area contributed by atoms with E-state index < -0.39 is 11.5 Å². The number of phenolic OH excluding ortho intramolecular Hbond substituents is 1. The SMILES string of the molecule is O=C(NCCc1ccc(O)cc1)c1cc2ccccc2[nH]c1=O. The largest absolute Gasteiger partial charge is 0.508 e. The van der Waals surface area contributed by atoms with Crippen molar-refractivity contribution in [1.82, 2.24) is 10.3 Å². The molecule has 116 valence electrons. The Labute approximate surface area is 132 Å². The molecule has 0 radical (unpaired) electrons. The Morgan fingerprint density at radius 2 is 1.83 bits per heavy atom. The van der Waals surface area contributed by atoms with E-state index in [4.69, 9.17) is 0 Å². The van der Waals surface area contributed by atoms with E-state index in [-0.39, 0.29) is 11.3 Å². The molecule has 0 spiro atoms. The summed E-state index contributed by atoms with van der Waals surface area (Å²) in [6.45, 7) is 0.413. The average Bonchev–Trinajstić information content (AvgIpc) is 2.56. The fraction of sp³-hybridized carbons (Fsp3) is 0.111. The average molecular weight is 308 g/mol. The van der Waals surface area contributed by atoms with Gasteiger partial charge in [-0.3, -0.25) is 9.59 Å². The minimum atomic E-state index is -0.397. The summed E-state index contributed by atoms with van der Waals surface area (Å²) in [6, 6.07) is 15.7. The second kappa shape index (κ2) is 6.36. The summed E-state index contributed by atoms with van der Waals surface area (Å²) < 4.78 is 0. The number of amides is 1. The molecule has 2 aromatic carbocycles. The molecule has 3 rings (SSSR count). The number of pyridine rings is 1. The molecule has 3 N–H and O–H groups in total. The Hall–Kier alpha value is -3.08. The second-order valence-electron chi connectivity index (χ2n) is 5.27. The number of hydrogen-bond acceptors (Lipinski definition) is 3. The maximum absolute atomic E-state index is 12.2. The van der Waals surface area contributed by atoms with Crippen LogP contribution in [0.25, 0.3) is 10.9 Å². The molecule has 0 aliphatic rings. The number of nitrogens with one attached hydrogen (secondary N) is 2. The first-order valence-electron chi connectivity index (χ1n) is 7.32. The summed E-state index contributed by atoms with van der Waals surface area (Å²) in [5.74, 6) is -0.184. The van der Waals surface area contributed by atoms with Crippen molar-refractivity contribution < 1.29 is 9.90 Å². The third-order valence-corrected chi connectivity index (χ3v) is 3.63. The number of carbonyl (C=O) groups excluding carboxylic acids is 1. The molecule has 5 nitrogen and oxygen atoms in total. The maximum atomic E-state index is 12.2. The van der Waals surface area contributed by atoms with Crippen molar-refractivity contribution in [1.29, 1.82) is 0 Å². The predicted octanol–water partition coefficient (Wildman–Crippen LogP) is 2.21. The highest BCUT2D eigenvalue weighted by atomic mass is 16.3. The number of hydrogen-bond donors (Lipinski definition) is 3. The van der Waals surface area contributed by atoms with Gasteiger partial charge in [0.15, 0.2) is 0 Å². The minimum absolute atomic E-state index is 0.106. The molecular formula is C18H16N2O3. The normalized spacial score (nSPS) is 10.6. The lowest BCUT2D eigenvalue weighted by Crippen LogP contribution is -2.31. The van der Waals surface area contributed by atoms with E-state index in [1.807, 2.05) is 18.2 Å². The van der Waals surface area contributed by atoms with Crippen molar-refractivity contribution in [3.05, 3.63) is 76.1 Å². The van der Waals surface area contributed by atoms with Crippen LogP contribution in [0.4, 0.5) is 0 Å². The van der Waals surface area contributed by atoms with Crippen LogP contribution < -0.4 is 10.9 Å². The standard InChI is InChI=1S/C18H16N2O3/c21-14-7-5-12(6-8-14)9-10-19-17(22)15-11-13-3-1-2-4-16(13)20-18(15)23/h1-8,11,21H,9-10H2,(H,19,22)(H,20,23). The topological polar surface area (TPSA) is 82.2 Å². The van der Waals surface area contributed by atoms with Crippen LogP contribution in [-0.4, -0.2) is 22.5 Å². The van der Waals surface area contributed by atoms with Gasteiger partial charge in [0.25, 0.3) is 11.5 Å². The van der Waals surface area contributed by atoms with Gasteiger partial charge in [0.1, 0.15) is 11.3 Å². The summed E-state index contributed by atoms with van der Waals surface area (Å²) in [5, 5.41) is 12.8. The molecule has 0 aliphatic carbocycles. The Morgan fingerprint density at radius 1 is 1.09 bits per heavy atom. The Kier molecular flexibility index (Phi) is 4.10. The second-order valence-corrected chi connectivity index (χ2v) is 5.27. The van der Waals surface area contributed by atoms with Gasteiger partial charge in [-0.2, -0.15) is 0 Å². The van der Waals surface area contributed by atoms with Gasteiger partial charge in [-0.1, -0.05) is 30.3 Å². The lowest BCUT2D eigenvalue weighted by Gasteiger charge is -2.06. The first-order chi connectivity index (χ1) is 11.1. The number of aromatic nitrogens is 1. The minimum Gasteiger partial charge on any atom is -0.508 e. The number of rotatable bonds is 4. The molecule has 0 unspecified atom stereocenters. The Balaban J connectivity index is 1.69. The van der Waals surface area contributed by atoms with Gasteiger partial charge >= 0.3 is 0 Å². The highest BCUT2D eigenvalue weighted by Gasteiger charge is 2.11. The van der Waals surface area contributed by atoms with Crippen molar-refractivity contribution in [2.75, 3.05) is 6.54 Å². The molecular weight excluding hydrogens is 292 g/mol. The van der Waals surface area contributed by atoms with Gasteiger partial charge < -0.3 is 15.4 Å². The first-order valence-corrected chi connectivity index (χ1v) is 7.32. The Bertz CT molecular complexity index is 898. The monoisotopic (exact) mass is 308 g/mol. The number of H-pyrrole nitrogens is 1. The van der Waals surface area contributed by atoms with Crippen LogP contribution in [0, 0.1) is 0 Å². The molecule has 0 aliphatic heterocycles. The van der Waals surface area contributed by atoms with Crippen molar-refractivity contribution in [3.63, 3.8) is 0 Å². The fourth-order valence-corrected chi connectivity index (χ4v) is 2.39. The number of aromatic hydroxyl groups is 1. The maximum Gasteiger partial charge on any atom is 0.261 e. The lowest BCUT2D eigenvalue weighted by atomic mass is 10.1. The van der Waals surface area contributed by atoms with E-state index in [2.05, 4.69) is 10.3 Å². The molecule has 3 aromatic rings. The van der Waals surface area contributed by atoms with E-state index in [9.17, 15) is 14.7 Å². The fourth-order valence-electron chi connectivity index (χ4n) is 2.39. The van der Waals surface area contributed by atoms with Gasteiger partial charge in [0.05, 0.1) is 0 Å². The zero-order valence-electron chi connectivity index (χ0n) is 12.4. The molecule has 1 aromatic heterocycles. The van der Waals surface area contributed by atoms with Crippen LogP contribution in [0.1, 0.15) is 15.9 Å². The number of fused-ring (bicyclic) bond motifs is 1. The lowest BCUT2D eigenvalue weighted by molar-refractivity contribution is 0.0953. The molecule has 1 amide bonds. The van der Waals surface area contributed by atoms with Crippen LogP contribution in [0.15, 0.2) is 59.4 Å². The summed E-state index contributed by atoms with van der Waals surface area (Å²) in [4.78, 5) is 26.9. The summed E-state index contributed by atoms with van der Waals surface area (Å²) in [5.41, 5.74) is 1.41. The van der Waals surface area contributed by atoms with E-state index in [1.165, 1.54) is 0 Å². The van der Waals surface area contributed by atoms with Gasteiger partial charge in [0.2, 0.25) is 0 Å². The van der Waals surface area contributed by atoms with Crippen LogP contribution >= 0.6 is 0 Å². The zero-order valence-corrected chi connectivity index (χ0v) is 12.4. The number of phenols is 1. The van der Waals surface area contributed by atoms with Gasteiger partial charge in [-0.15, -0.1) is 0 Å². The molecule has 5 heteroatoms. The highest BCUT2D eigenvalue weighted by molar-refractivity contribution is 5.97. The van der Waals surface area contributed by atoms with Crippen molar-refractivity contribution in [3.8, 4) is 5.75 Å². The molecule has 0 atom stereocenters. The molecule has 23 heavy (non-hydrogen) atoms. The van der Waals surface area contributed by atoms with Crippen LogP contribution in [0.5, 0.6) is 5.75 Å². The Morgan fingerprint density at radius 3 is 2.61 bits per heavy atom. The smallest absolute Gasteiger partial charge is 0.261 e. The van der Waals surface area contributed by atoms with Gasteiger partial charge in [-0.25, -0.2) is 0 Å².